The van der Waals surface area contributed by atoms with Gasteiger partial charge in [-0.3, -0.25) is 4.55 Å². The summed E-state index contributed by atoms with van der Waals surface area (Å²) >= 11 is 0. The van der Waals surface area contributed by atoms with E-state index in [2.05, 4.69) is 0 Å². The Kier molecular flexibility index (Phi) is 2.85. The van der Waals surface area contributed by atoms with Crippen molar-refractivity contribution in [2.45, 2.75) is 4.90 Å². The lowest BCUT2D eigenvalue weighted by Gasteiger charge is -2.12. The Hall–Kier alpha value is -2.63. The summed E-state index contributed by atoms with van der Waals surface area (Å²) in [7, 11) is -4.33. The third-order valence-electron chi connectivity index (χ3n) is 4.15. The zero-order valence-corrected chi connectivity index (χ0v) is 12.8. The van der Waals surface area contributed by atoms with Crippen molar-refractivity contribution in [1.82, 2.24) is 0 Å². The molecule has 0 amide bonds. The fourth-order valence-corrected chi connectivity index (χ4v) is 3.88. The topological polar surface area (TPSA) is 80.4 Å². The minimum Gasteiger partial charge on any atom is -0.398 e. The predicted molar refractivity (Wildman–Crippen MR) is 93.2 cm³/mol. The summed E-state index contributed by atoms with van der Waals surface area (Å²) in [4.78, 5) is -0.0875. The molecule has 3 N–H and O–H groups in total. The first-order chi connectivity index (χ1) is 11.0. The lowest BCUT2D eigenvalue weighted by molar-refractivity contribution is 0.484. The van der Waals surface area contributed by atoms with Gasteiger partial charge in [0.2, 0.25) is 0 Å². The van der Waals surface area contributed by atoms with Gasteiger partial charge in [0.25, 0.3) is 10.1 Å². The summed E-state index contributed by atoms with van der Waals surface area (Å²) in [5.41, 5.74) is 6.81. The molecule has 114 valence electrons. The van der Waals surface area contributed by atoms with Crippen LogP contribution in [0.3, 0.4) is 0 Å². The van der Waals surface area contributed by atoms with Gasteiger partial charge < -0.3 is 5.73 Å². The summed E-state index contributed by atoms with van der Waals surface area (Å²) in [5, 5.41) is 4.56. The van der Waals surface area contributed by atoms with Crippen molar-refractivity contribution in [2.75, 3.05) is 5.73 Å². The molecule has 0 saturated carbocycles. The fraction of sp³-hybridized carbons (Fsp3) is 0. The smallest absolute Gasteiger partial charge is 0.295 e. The maximum Gasteiger partial charge on any atom is 0.295 e. The van der Waals surface area contributed by atoms with Gasteiger partial charge in [0.1, 0.15) is 4.90 Å². The molecule has 4 rings (SSSR count). The number of benzene rings is 4. The van der Waals surface area contributed by atoms with E-state index in [0.717, 1.165) is 26.9 Å². The highest BCUT2D eigenvalue weighted by molar-refractivity contribution is 7.86. The Morgan fingerprint density at radius 1 is 0.696 bits per heavy atom. The van der Waals surface area contributed by atoms with E-state index in [1.54, 1.807) is 12.1 Å². The molecular weight excluding hydrogens is 310 g/mol. The van der Waals surface area contributed by atoms with Crippen LogP contribution in [0.15, 0.2) is 65.6 Å². The van der Waals surface area contributed by atoms with E-state index in [1.807, 2.05) is 42.5 Å². The SMILES string of the molecule is Nc1cc2c3ccccc3c(S(=O)(=O)O)cc2c2ccccc12. The molecule has 0 radical (unpaired) electrons. The van der Waals surface area contributed by atoms with Crippen molar-refractivity contribution in [3.8, 4) is 0 Å². The quantitative estimate of drug-likeness (QED) is 0.315. The Morgan fingerprint density at radius 2 is 1.17 bits per heavy atom. The van der Waals surface area contributed by atoms with Crippen molar-refractivity contribution in [3.63, 3.8) is 0 Å². The predicted octanol–water partition coefficient (Wildman–Crippen LogP) is 3.98. The molecule has 4 nitrogen and oxygen atoms in total. The van der Waals surface area contributed by atoms with Crippen LogP contribution in [0.5, 0.6) is 0 Å². The van der Waals surface area contributed by atoms with E-state index >= 15 is 0 Å². The molecule has 0 aliphatic heterocycles. The highest BCUT2D eigenvalue weighted by Gasteiger charge is 2.18. The number of hydrogen-bond acceptors (Lipinski definition) is 3. The average Bonchev–Trinajstić information content (AvgIpc) is 2.54. The molecule has 0 saturated heterocycles. The maximum absolute atomic E-state index is 11.8. The molecule has 0 unspecified atom stereocenters. The van der Waals surface area contributed by atoms with Crippen molar-refractivity contribution in [3.05, 3.63) is 60.7 Å². The Morgan fingerprint density at radius 3 is 1.78 bits per heavy atom. The van der Waals surface area contributed by atoms with E-state index in [1.165, 1.54) is 6.07 Å². The number of nitrogen functional groups attached to an aromatic ring is 1. The third kappa shape index (κ3) is 2.05. The van der Waals surface area contributed by atoms with E-state index in [0.29, 0.717) is 11.1 Å². The molecule has 0 bridgehead atoms. The van der Waals surface area contributed by atoms with Crippen LogP contribution in [0.25, 0.3) is 32.3 Å². The van der Waals surface area contributed by atoms with Gasteiger partial charge in [-0.2, -0.15) is 8.42 Å². The minimum absolute atomic E-state index is 0.0875. The monoisotopic (exact) mass is 323 g/mol. The first-order valence-electron chi connectivity index (χ1n) is 7.07. The van der Waals surface area contributed by atoms with Crippen LogP contribution in [0.2, 0.25) is 0 Å². The zero-order chi connectivity index (χ0) is 16.2. The largest absolute Gasteiger partial charge is 0.398 e. The number of fused-ring (bicyclic) bond motifs is 5. The van der Waals surface area contributed by atoms with Crippen LogP contribution in [0.4, 0.5) is 5.69 Å². The van der Waals surface area contributed by atoms with Crippen molar-refractivity contribution in [2.24, 2.45) is 0 Å². The minimum atomic E-state index is -4.33. The number of nitrogens with two attached hydrogens (primary N) is 1. The average molecular weight is 323 g/mol. The van der Waals surface area contributed by atoms with E-state index in [4.69, 9.17) is 5.73 Å². The van der Waals surface area contributed by atoms with Crippen LogP contribution in [0.1, 0.15) is 0 Å². The molecule has 0 spiro atoms. The van der Waals surface area contributed by atoms with Gasteiger partial charge in [0.05, 0.1) is 0 Å². The van der Waals surface area contributed by atoms with Gasteiger partial charge >= 0.3 is 0 Å². The summed E-state index contributed by atoms with van der Waals surface area (Å²) in [5.74, 6) is 0. The molecule has 0 aliphatic rings. The van der Waals surface area contributed by atoms with Gasteiger partial charge in [0.15, 0.2) is 0 Å². The van der Waals surface area contributed by atoms with Crippen LogP contribution in [-0.4, -0.2) is 13.0 Å². The molecule has 0 atom stereocenters. The summed E-state index contributed by atoms with van der Waals surface area (Å²) in [6, 6.07) is 18.0. The number of hydrogen-bond donors (Lipinski definition) is 2. The highest BCUT2D eigenvalue weighted by Crippen LogP contribution is 2.37. The molecular formula is C18H13NO3S. The van der Waals surface area contributed by atoms with Crippen LogP contribution >= 0.6 is 0 Å². The van der Waals surface area contributed by atoms with Gasteiger partial charge in [-0.15, -0.1) is 0 Å². The van der Waals surface area contributed by atoms with E-state index in [9.17, 15) is 13.0 Å². The second kappa shape index (κ2) is 4.68. The maximum atomic E-state index is 11.8. The fourth-order valence-electron chi connectivity index (χ4n) is 3.16. The summed E-state index contributed by atoms with van der Waals surface area (Å²) in [6.07, 6.45) is 0. The van der Waals surface area contributed by atoms with Gasteiger partial charge in [-0.25, -0.2) is 0 Å². The van der Waals surface area contributed by atoms with Crippen LogP contribution in [-0.2, 0) is 10.1 Å². The molecule has 4 aromatic carbocycles. The molecule has 0 heterocycles. The first-order valence-corrected chi connectivity index (χ1v) is 8.51. The Balaban J connectivity index is 2.38. The van der Waals surface area contributed by atoms with E-state index in [-0.39, 0.29) is 4.90 Å². The lowest BCUT2D eigenvalue weighted by atomic mass is 9.96. The standard InChI is InChI=1S/C18H13NO3S/c19-17-9-15-12-6-2-4-8-14(12)18(23(20,21)22)10-16(15)11-5-1-3-7-13(11)17/h1-10H,19H2,(H,20,21,22). The molecule has 23 heavy (non-hydrogen) atoms. The summed E-state index contributed by atoms with van der Waals surface area (Å²) < 4.78 is 33.3. The molecule has 0 fully saturated rings. The first kappa shape index (κ1) is 14.0. The van der Waals surface area contributed by atoms with E-state index < -0.39 is 10.1 Å². The van der Waals surface area contributed by atoms with Gasteiger partial charge in [-0.1, -0.05) is 48.5 Å². The number of anilines is 1. The van der Waals surface area contributed by atoms with Gasteiger partial charge in [-0.05, 0) is 33.7 Å². The molecule has 0 aromatic heterocycles. The highest BCUT2D eigenvalue weighted by atomic mass is 32.2. The van der Waals surface area contributed by atoms with Gasteiger partial charge in [0, 0.05) is 16.5 Å². The Bertz CT molecular complexity index is 1200. The number of rotatable bonds is 1. The molecule has 0 aliphatic carbocycles. The normalized spacial score (nSPS) is 12.2. The Labute approximate surface area is 132 Å². The molecule has 4 aromatic rings. The van der Waals surface area contributed by atoms with Crippen LogP contribution in [0, 0.1) is 0 Å². The van der Waals surface area contributed by atoms with Crippen molar-refractivity contribution in [1.29, 1.82) is 0 Å². The van der Waals surface area contributed by atoms with Crippen molar-refractivity contribution < 1.29 is 13.0 Å². The second-order valence-corrected chi connectivity index (χ2v) is 6.89. The lowest BCUT2D eigenvalue weighted by Crippen LogP contribution is -2.00. The summed E-state index contributed by atoms with van der Waals surface area (Å²) in [6.45, 7) is 0. The van der Waals surface area contributed by atoms with Crippen LogP contribution < -0.4 is 5.73 Å². The third-order valence-corrected chi connectivity index (χ3v) is 5.05. The molecule has 5 heteroatoms. The zero-order valence-electron chi connectivity index (χ0n) is 12.0. The van der Waals surface area contributed by atoms with Crippen molar-refractivity contribution >= 4 is 48.1 Å². The second-order valence-electron chi connectivity index (χ2n) is 5.50.